The van der Waals surface area contributed by atoms with Crippen LogP contribution in [-0.2, 0) is 9.59 Å². The van der Waals surface area contributed by atoms with Gasteiger partial charge in [0.15, 0.2) is 0 Å². The Kier molecular flexibility index (Phi) is 7.97. The number of carbonyl (C=O) groups is 2. The summed E-state index contributed by atoms with van der Waals surface area (Å²) in [6.45, 7) is 2.22. The van der Waals surface area contributed by atoms with Gasteiger partial charge in [0, 0.05) is 11.6 Å². The van der Waals surface area contributed by atoms with E-state index in [2.05, 4.69) is 15.8 Å². The number of benzene rings is 3. The maximum absolute atomic E-state index is 12.0. The number of nitrogens with zero attached hydrogens (tertiary/aromatic N) is 1. The second-order valence-corrected chi connectivity index (χ2v) is 6.75. The van der Waals surface area contributed by atoms with Crippen molar-refractivity contribution >= 4 is 34.9 Å². The van der Waals surface area contributed by atoms with Gasteiger partial charge in [-0.2, -0.15) is 5.10 Å². The molecule has 164 valence electrons. The summed E-state index contributed by atoms with van der Waals surface area (Å²) in [7, 11) is 1.59. The predicted molar refractivity (Wildman–Crippen MR) is 126 cm³/mol. The van der Waals surface area contributed by atoms with Crippen LogP contribution in [0.15, 0.2) is 71.8 Å². The third-order valence-electron chi connectivity index (χ3n) is 4.58. The van der Waals surface area contributed by atoms with Crippen molar-refractivity contribution in [3.63, 3.8) is 0 Å². The Hall–Kier alpha value is -4.13. The van der Waals surface area contributed by atoms with E-state index in [1.807, 2.05) is 55.5 Å². The average molecular weight is 431 g/mol. The maximum Gasteiger partial charge on any atom is 0.259 e. The molecule has 0 unspecified atom stereocenters. The zero-order chi connectivity index (χ0) is 22.8. The molecular weight excluding hydrogens is 406 g/mol. The zero-order valence-electron chi connectivity index (χ0n) is 18.0. The van der Waals surface area contributed by atoms with Crippen molar-refractivity contribution in [1.29, 1.82) is 0 Å². The van der Waals surface area contributed by atoms with E-state index in [1.165, 1.54) is 6.08 Å². The first-order valence-electron chi connectivity index (χ1n) is 10.2. The number of nitrogens with one attached hydrogen (secondary N) is 2. The number of amides is 2. The molecule has 0 atom stereocenters. The molecule has 7 nitrogen and oxygen atoms in total. The van der Waals surface area contributed by atoms with Crippen molar-refractivity contribution in [3.05, 3.63) is 77.9 Å². The van der Waals surface area contributed by atoms with Crippen LogP contribution < -0.4 is 20.2 Å². The van der Waals surface area contributed by atoms with Crippen LogP contribution in [0.4, 0.5) is 0 Å². The van der Waals surface area contributed by atoms with E-state index in [0.717, 1.165) is 27.6 Å². The standard InChI is InChI=1S/C25H25N3O4/c1-3-32-23-14-11-19-6-4-5-7-21(19)22(23)16-27-28-25(30)17-26-24(29)15-10-18-8-12-20(31-2)13-9-18/h4-16H,3,17H2,1-2H3,(H,26,29)(H,28,30). The normalized spacial score (nSPS) is 11.1. The van der Waals surface area contributed by atoms with Crippen LogP contribution in [0.2, 0.25) is 0 Å². The van der Waals surface area contributed by atoms with Crippen LogP contribution in [0.5, 0.6) is 11.5 Å². The quantitative estimate of drug-likeness (QED) is 0.308. The van der Waals surface area contributed by atoms with Crippen molar-refractivity contribution in [3.8, 4) is 11.5 Å². The molecule has 2 amide bonds. The molecule has 0 aliphatic carbocycles. The molecule has 7 heteroatoms. The molecule has 3 aromatic rings. The van der Waals surface area contributed by atoms with Crippen LogP contribution in [-0.4, -0.2) is 38.3 Å². The molecule has 2 N–H and O–H groups in total. The predicted octanol–water partition coefficient (Wildman–Crippen LogP) is 3.53. The summed E-state index contributed by atoms with van der Waals surface area (Å²) in [6.07, 6.45) is 4.57. The highest BCUT2D eigenvalue weighted by Crippen LogP contribution is 2.26. The fraction of sp³-hybridized carbons (Fsp3) is 0.160. The molecule has 0 bridgehead atoms. The lowest BCUT2D eigenvalue weighted by atomic mass is 10.0. The van der Waals surface area contributed by atoms with Gasteiger partial charge < -0.3 is 14.8 Å². The summed E-state index contributed by atoms with van der Waals surface area (Å²) < 4.78 is 10.8. The Bertz CT molecular complexity index is 1140. The number of hydrazone groups is 1. The number of ether oxygens (including phenoxy) is 2. The van der Waals surface area contributed by atoms with Gasteiger partial charge in [-0.1, -0.05) is 42.5 Å². The minimum Gasteiger partial charge on any atom is -0.497 e. The first kappa shape index (κ1) is 22.6. The topological polar surface area (TPSA) is 89.0 Å². The molecule has 3 rings (SSSR count). The Morgan fingerprint density at radius 2 is 1.81 bits per heavy atom. The summed E-state index contributed by atoms with van der Waals surface area (Å²) in [5.74, 6) is 0.597. The van der Waals surface area contributed by atoms with E-state index >= 15 is 0 Å². The van der Waals surface area contributed by atoms with E-state index in [0.29, 0.717) is 12.4 Å². The van der Waals surface area contributed by atoms with Crippen molar-refractivity contribution in [1.82, 2.24) is 10.7 Å². The Balaban J connectivity index is 1.55. The molecule has 3 aromatic carbocycles. The number of rotatable bonds is 9. The molecule has 0 heterocycles. The lowest BCUT2D eigenvalue weighted by molar-refractivity contribution is -0.123. The third-order valence-corrected chi connectivity index (χ3v) is 4.58. The Morgan fingerprint density at radius 3 is 2.56 bits per heavy atom. The summed E-state index contributed by atoms with van der Waals surface area (Å²) >= 11 is 0. The molecule has 0 aliphatic rings. The molecule has 0 aromatic heterocycles. The van der Waals surface area contributed by atoms with Crippen molar-refractivity contribution in [2.24, 2.45) is 5.10 Å². The van der Waals surface area contributed by atoms with E-state index in [4.69, 9.17) is 9.47 Å². The fourth-order valence-corrected chi connectivity index (χ4v) is 3.01. The van der Waals surface area contributed by atoms with E-state index in [9.17, 15) is 9.59 Å². The molecule has 0 saturated carbocycles. The van der Waals surface area contributed by atoms with Crippen molar-refractivity contribution in [2.45, 2.75) is 6.92 Å². The third kappa shape index (κ3) is 6.18. The van der Waals surface area contributed by atoms with Gasteiger partial charge >= 0.3 is 0 Å². The monoisotopic (exact) mass is 431 g/mol. The number of fused-ring (bicyclic) bond motifs is 1. The van der Waals surface area contributed by atoms with Gasteiger partial charge in [-0.25, -0.2) is 5.43 Å². The summed E-state index contributed by atoms with van der Waals surface area (Å²) in [5, 5.41) is 8.57. The van der Waals surface area contributed by atoms with Crippen molar-refractivity contribution in [2.75, 3.05) is 20.3 Å². The molecule has 0 radical (unpaired) electrons. The summed E-state index contributed by atoms with van der Waals surface area (Å²) in [4.78, 5) is 24.0. The van der Waals surface area contributed by atoms with Gasteiger partial charge in [-0.05, 0) is 47.5 Å². The van der Waals surface area contributed by atoms with Gasteiger partial charge in [0.1, 0.15) is 11.5 Å². The first-order valence-corrected chi connectivity index (χ1v) is 10.2. The molecule has 0 saturated heterocycles. The van der Waals surface area contributed by atoms with E-state index in [1.54, 1.807) is 31.5 Å². The molecule has 0 aliphatic heterocycles. The van der Waals surface area contributed by atoms with Gasteiger partial charge in [0.25, 0.3) is 5.91 Å². The fourth-order valence-electron chi connectivity index (χ4n) is 3.01. The molecule has 0 fully saturated rings. The molecular formula is C25H25N3O4. The molecule has 32 heavy (non-hydrogen) atoms. The first-order chi connectivity index (χ1) is 15.6. The van der Waals surface area contributed by atoms with Crippen LogP contribution in [0, 0.1) is 0 Å². The summed E-state index contributed by atoms with van der Waals surface area (Å²) in [5.41, 5.74) is 4.05. The van der Waals surface area contributed by atoms with Crippen LogP contribution in [0.25, 0.3) is 16.8 Å². The van der Waals surface area contributed by atoms with Crippen LogP contribution in [0.3, 0.4) is 0 Å². The Morgan fingerprint density at radius 1 is 1.03 bits per heavy atom. The van der Waals surface area contributed by atoms with Gasteiger partial charge in [0.05, 0.1) is 26.5 Å². The van der Waals surface area contributed by atoms with Crippen LogP contribution in [0.1, 0.15) is 18.1 Å². The number of methoxy groups -OCH3 is 1. The zero-order valence-corrected chi connectivity index (χ0v) is 18.0. The van der Waals surface area contributed by atoms with E-state index < -0.39 is 5.91 Å². The number of hydrogen-bond donors (Lipinski definition) is 2. The maximum atomic E-state index is 12.0. The second kappa shape index (κ2) is 11.3. The van der Waals surface area contributed by atoms with Gasteiger partial charge in [-0.3, -0.25) is 9.59 Å². The lowest BCUT2D eigenvalue weighted by Crippen LogP contribution is -2.34. The van der Waals surface area contributed by atoms with Gasteiger partial charge in [-0.15, -0.1) is 0 Å². The highest BCUT2D eigenvalue weighted by molar-refractivity contribution is 6.02. The van der Waals surface area contributed by atoms with Crippen LogP contribution >= 0.6 is 0 Å². The second-order valence-electron chi connectivity index (χ2n) is 6.75. The largest absolute Gasteiger partial charge is 0.497 e. The highest BCUT2D eigenvalue weighted by atomic mass is 16.5. The van der Waals surface area contributed by atoms with Crippen molar-refractivity contribution < 1.29 is 19.1 Å². The number of hydrogen-bond acceptors (Lipinski definition) is 5. The lowest BCUT2D eigenvalue weighted by Gasteiger charge is -2.10. The highest BCUT2D eigenvalue weighted by Gasteiger charge is 2.07. The minimum absolute atomic E-state index is 0.197. The SMILES string of the molecule is CCOc1ccc2ccccc2c1C=NNC(=O)CNC(=O)C=Cc1ccc(OC)cc1. The molecule has 0 spiro atoms. The smallest absolute Gasteiger partial charge is 0.259 e. The minimum atomic E-state index is -0.439. The number of carbonyl (C=O) groups excluding carboxylic acids is 2. The average Bonchev–Trinajstić information content (AvgIpc) is 2.83. The van der Waals surface area contributed by atoms with Gasteiger partial charge in [0.2, 0.25) is 5.91 Å². The van der Waals surface area contributed by atoms with E-state index in [-0.39, 0.29) is 12.5 Å². The summed E-state index contributed by atoms with van der Waals surface area (Å²) in [6, 6.07) is 19.0. The Labute approximate surface area is 186 Å².